The molecule has 0 fully saturated rings. The quantitative estimate of drug-likeness (QED) is 0.526. The molecule has 4 heteroatoms. The van der Waals surface area contributed by atoms with Gasteiger partial charge in [0.25, 0.3) is 0 Å². The van der Waals surface area contributed by atoms with Gasteiger partial charge in [-0.15, -0.1) is 0 Å². The van der Waals surface area contributed by atoms with Crippen molar-refractivity contribution in [2.45, 2.75) is 0 Å². The van der Waals surface area contributed by atoms with Crippen molar-refractivity contribution in [1.82, 2.24) is 4.90 Å². The Labute approximate surface area is 108 Å². The van der Waals surface area contributed by atoms with Gasteiger partial charge >= 0.3 is 32.7 Å². The molecule has 1 aliphatic rings. The van der Waals surface area contributed by atoms with Crippen LogP contribution in [-0.4, -0.2) is 16.7 Å². The van der Waals surface area contributed by atoms with Crippen molar-refractivity contribution >= 4 is 11.8 Å². The van der Waals surface area contributed by atoms with Gasteiger partial charge in [0.15, 0.2) is 0 Å². The number of nitrogens with zero attached hydrogens (tertiary/aromatic N) is 1. The van der Waals surface area contributed by atoms with E-state index in [0.717, 1.165) is 4.90 Å². The first-order valence-corrected chi connectivity index (χ1v) is 3.50. The minimum Gasteiger partial charge on any atom is -0.430 e. The van der Waals surface area contributed by atoms with Gasteiger partial charge in [0.1, 0.15) is 0 Å². The molecule has 1 aliphatic heterocycles. The SMILES string of the molecule is [CH2-]N1C(=O)c2ccccc2C1=O.[CH3-].[Y+3]. The van der Waals surface area contributed by atoms with E-state index in [4.69, 9.17) is 0 Å². The van der Waals surface area contributed by atoms with Crippen LogP contribution in [0.15, 0.2) is 24.3 Å². The Bertz CT molecular complexity index is 341. The van der Waals surface area contributed by atoms with E-state index in [1.165, 1.54) is 0 Å². The third kappa shape index (κ3) is 1.79. The Morgan fingerprint density at radius 3 is 1.71 bits per heavy atom. The van der Waals surface area contributed by atoms with Crippen molar-refractivity contribution in [1.29, 1.82) is 0 Å². The Hall–Kier alpha value is -0.536. The van der Waals surface area contributed by atoms with Crippen LogP contribution in [0.25, 0.3) is 0 Å². The first-order chi connectivity index (χ1) is 5.72. The Morgan fingerprint density at radius 2 is 1.36 bits per heavy atom. The van der Waals surface area contributed by atoms with E-state index in [0.29, 0.717) is 11.1 Å². The van der Waals surface area contributed by atoms with E-state index in [2.05, 4.69) is 7.05 Å². The van der Waals surface area contributed by atoms with Gasteiger partial charge in [0, 0.05) is 11.1 Å². The van der Waals surface area contributed by atoms with Gasteiger partial charge in [-0.2, -0.15) is 0 Å². The summed E-state index contributed by atoms with van der Waals surface area (Å²) in [6.07, 6.45) is 0. The summed E-state index contributed by atoms with van der Waals surface area (Å²) in [6, 6.07) is 6.70. The number of carbonyl (C=O) groups excluding carboxylic acids is 2. The van der Waals surface area contributed by atoms with E-state index in [9.17, 15) is 9.59 Å². The van der Waals surface area contributed by atoms with Crippen LogP contribution in [-0.2, 0) is 32.7 Å². The second-order valence-electron chi connectivity index (χ2n) is 2.58. The molecular weight excluding hydrogens is 255 g/mol. The molecule has 0 aromatic heterocycles. The molecule has 3 nitrogen and oxygen atoms in total. The predicted octanol–water partition coefficient (Wildman–Crippen LogP) is 1.52. The number of imide groups is 1. The summed E-state index contributed by atoms with van der Waals surface area (Å²) < 4.78 is 0. The molecular formula is C10H9NO2Y+. The molecule has 0 spiro atoms. The van der Waals surface area contributed by atoms with Gasteiger partial charge in [-0.1, -0.05) is 12.1 Å². The summed E-state index contributed by atoms with van der Waals surface area (Å²) in [5.41, 5.74) is 0.884. The van der Waals surface area contributed by atoms with Gasteiger partial charge in [0.2, 0.25) is 11.8 Å². The van der Waals surface area contributed by atoms with Crippen molar-refractivity contribution in [2.24, 2.45) is 0 Å². The van der Waals surface area contributed by atoms with Crippen LogP contribution in [0.2, 0.25) is 0 Å². The van der Waals surface area contributed by atoms with Crippen molar-refractivity contribution in [3.63, 3.8) is 0 Å². The van der Waals surface area contributed by atoms with E-state index >= 15 is 0 Å². The fraction of sp³-hybridized carbons (Fsp3) is 0. The van der Waals surface area contributed by atoms with Crippen LogP contribution < -0.4 is 0 Å². The van der Waals surface area contributed by atoms with Crippen LogP contribution in [0.4, 0.5) is 0 Å². The monoisotopic (exact) mass is 264 g/mol. The Kier molecular flexibility index (Phi) is 4.62. The maximum Gasteiger partial charge on any atom is 3.00 e. The topological polar surface area (TPSA) is 37.4 Å². The molecule has 14 heavy (non-hydrogen) atoms. The molecule has 1 heterocycles. The number of benzene rings is 1. The van der Waals surface area contributed by atoms with Crippen molar-refractivity contribution in [2.75, 3.05) is 0 Å². The first kappa shape index (κ1) is 13.5. The molecule has 0 bridgehead atoms. The zero-order chi connectivity index (χ0) is 8.72. The summed E-state index contributed by atoms with van der Waals surface area (Å²) in [5, 5.41) is 0. The second-order valence-corrected chi connectivity index (χ2v) is 2.58. The van der Waals surface area contributed by atoms with Crippen LogP contribution >= 0.6 is 0 Å². The molecule has 0 radical (unpaired) electrons. The minimum atomic E-state index is -0.324. The van der Waals surface area contributed by atoms with Gasteiger partial charge in [-0.3, -0.25) is 9.59 Å². The Morgan fingerprint density at radius 1 is 1.00 bits per heavy atom. The molecule has 2 rings (SSSR count). The predicted molar refractivity (Wildman–Crippen MR) is 48.7 cm³/mol. The van der Waals surface area contributed by atoms with Gasteiger partial charge in [-0.25, -0.2) is 7.05 Å². The summed E-state index contributed by atoms with van der Waals surface area (Å²) in [5.74, 6) is -0.647. The zero-order valence-electron chi connectivity index (χ0n) is 7.86. The molecule has 1 aromatic carbocycles. The van der Waals surface area contributed by atoms with Gasteiger partial charge in [0.05, 0.1) is 0 Å². The fourth-order valence-corrected chi connectivity index (χ4v) is 1.24. The number of hydrogen-bond donors (Lipinski definition) is 0. The normalized spacial score (nSPS) is 13.1. The van der Waals surface area contributed by atoms with Crippen molar-refractivity contribution in [3.8, 4) is 0 Å². The fourth-order valence-electron chi connectivity index (χ4n) is 1.24. The summed E-state index contributed by atoms with van der Waals surface area (Å²) in [7, 11) is 3.35. The first-order valence-electron chi connectivity index (χ1n) is 3.50. The summed E-state index contributed by atoms with van der Waals surface area (Å²) >= 11 is 0. The molecule has 2 amide bonds. The molecule has 0 saturated carbocycles. The van der Waals surface area contributed by atoms with E-state index < -0.39 is 0 Å². The molecule has 0 atom stereocenters. The van der Waals surface area contributed by atoms with E-state index in [1.807, 2.05) is 0 Å². The third-order valence-corrected chi connectivity index (χ3v) is 1.88. The number of carbonyl (C=O) groups is 2. The van der Waals surface area contributed by atoms with Crippen LogP contribution in [0.3, 0.4) is 0 Å². The number of rotatable bonds is 0. The Balaban J connectivity index is 0.000000845. The van der Waals surface area contributed by atoms with Crippen molar-refractivity contribution < 1.29 is 42.3 Å². The standard InChI is InChI=1S/C9H6NO2.CH3.Y/c1-10-8(11)6-4-2-3-5-7(6)9(10)12;;/h2-5H,1H2;1H3;/q2*-1;+3. The van der Waals surface area contributed by atoms with Gasteiger partial charge in [-0.05, 0) is 12.1 Å². The average molecular weight is 264 g/mol. The summed E-state index contributed by atoms with van der Waals surface area (Å²) in [4.78, 5) is 23.4. The second kappa shape index (κ2) is 4.80. The number of hydrogen-bond acceptors (Lipinski definition) is 2. The van der Waals surface area contributed by atoms with Crippen LogP contribution in [0, 0.1) is 14.5 Å². The smallest absolute Gasteiger partial charge is 0.430 e. The molecule has 0 unspecified atom stereocenters. The maximum atomic E-state index is 11.2. The third-order valence-electron chi connectivity index (χ3n) is 1.88. The molecule has 0 saturated heterocycles. The largest absolute Gasteiger partial charge is 3.00 e. The number of amides is 2. The molecule has 0 aliphatic carbocycles. The zero-order valence-corrected chi connectivity index (χ0v) is 10.7. The van der Waals surface area contributed by atoms with Crippen molar-refractivity contribution in [3.05, 3.63) is 49.9 Å². The molecule has 0 N–H and O–H groups in total. The van der Waals surface area contributed by atoms with Crippen LogP contribution in [0.5, 0.6) is 0 Å². The summed E-state index contributed by atoms with van der Waals surface area (Å²) in [6.45, 7) is 0. The minimum absolute atomic E-state index is 0. The van der Waals surface area contributed by atoms with Gasteiger partial charge < -0.3 is 12.3 Å². The van der Waals surface area contributed by atoms with Crippen LogP contribution in [0.1, 0.15) is 20.7 Å². The molecule has 1 aromatic rings. The molecule has 68 valence electrons. The van der Waals surface area contributed by atoms with E-state index in [-0.39, 0.29) is 52.0 Å². The maximum absolute atomic E-state index is 11.2. The average Bonchev–Trinajstić information content (AvgIpc) is 2.33. The van der Waals surface area contributed by atoms with E-state index in [1.54, 1.807) is 24.3 Å². The number of fused-ring (bicyclic) bond motifs is 1.